The summed E-state index contributed by atoms with van der Waals surface area (Å²) in [6.45, 7) is 2.85. The van der Waals surface area contributed by atoms with E-state index in [0.717, 1.165) is 12.0 Å². The van der Waals surface area contributed by atoms with Gasteiger partial charge in [0.25, 0.3) is 5.91 Å². The Bertz CT molecular complexity index is 889. The fourth-order valence-electron chi connectivity index (χ4n) is 3.34. The number of fused-ring (bicyclic) bond motifs is 1. The molecule has 0 bridgehead atoms. The van der Waals surface area contributed by atoms with Crippen molar-refractivity contribution < 1.29 is 9.21 Å². The minimum atomic E-state index is -0.244. The van der Waals surface area contributed by atoms with E-state index in [1.165, 1.54) is 11.3 Å². The van der Waals surface area contributed by atoms with Gasteiger partial charge in [-0.1, -0.05) is 18.2 Å². The largest absolute Gasteiger partial charge is 0.459 e. The monoisotopic (exact) mass is 333 g/mol. The minimum absolute atomic E-state index is 0.244. The van der Waals surface area contributed by atoms with Crippen LogP contribution in [0.3, 0.4) is 0 Å². The average Bonchev–Trinajstić information content (AvgIpc) is 3.21. The predicted octanol–water partition coefficient (Wildman–Crippen LogP) is 3.88. The zero-order valence-electron chi connectivity index (χ0n) is 14.0. The molecule has 126 valence electrons. The van der Waals surface area contributed by atoms with Gasteiger partial charge in [-0.2, -0.15) is 0 Å². The second kappa shape index (κ2) is 6.43. The molecule has 1 aliphatic heterocycles. The summed E-state index contributed by atoms with van der Waals surface area (Å²) >= 11 is 0. The van der Waals surface area contributed by atoms with Crippen LogP contribution in [0, 0.1) is 0 Å². The number of aromatic nitrogens is 1. The van der Waals surface area contributed by atoms with Crippen LogP contribution in [0.2, 0.25) is 0 Å². The smallest absolute Gasteiger partial charge is 0.291 e. The third-order valence-electron chi connectivity index (χ3n) is 4.58. The first kappa shape index (κ1) is 15.4. The molecule has 0 fully saturated rings. The van der Waals surface area contributed by atoms with Crippen LogP contribution >= 0.6 is 0 Å². The lowest BCUT2D eigenvalue weighted by Crippen LogP contribution is -2.29. The molecule has 4 rings (SSSR count). The normalized spacial score (nSPS) is 15.9. The number of anilines is 2. The number of carbonyl (C=O) groups is 1. The van der Waals surface area contributed by atoms with Crippen LogP contribution in [0.4, 0.5) is 11.4 Å². The number of hydrogen-bond donors (Lipinski definition) is 1. The van der Waals surface area contributed by atoms with Crippen LogP contribution in [0.1, 0.15) is 28.6 Å². The van der Waals surface area contributed by atoms with Gasteiger partial charge in [0, 0.05) is 41.9 Å². The van der Waals surface area contributed by atoms with E-state index in [1.807, 2.05) is 6.07 Å². The Balaban J connectivity index is 1.55. The van der Waals surface area contributed by atoms with Crippen LogP contribution < -0.4 is 10.2 Å². The topological polar surface area (TPSA) is 58.4 Å². The minimum Gasteiger partial charge on any atom is -0.459 e. The molecule has 1 unspecified atom stereocenters. The van der Waals surface area contributed by atoms with E-state index < -0.39 is 0 Å². The van der Waals surface area contributed by atoms with E-state index in [0.29, 0.717) is 24.0 Å². The highest BCUT2D eigenvalue weighted by atomic mass is 16.3. The van der Waals surface area contributed by atoms with Crippen LogP contribution in [0.25, 0.3) is 0 Å². The SMILES string of the molecule is CC1Cc2ccccc2N1Cc1ccoc1C(=O)Nc1ccncc1. The molecular weight excluding hydrogens is 314 g/mol. The van der Waals surface area contributed by atoms with Crippen molar-refractivity contribution in [3.05, 3.63) is 78.0 Å². The molecule has 5 nitrogen and oxygen atoms in total. The zero-order valence-corrected chi connectivity index (χ0v) is 14.0. The van der Waals surface area contributed by atoms with Gasteiger partial charge in [-0.15, -0.1) is 0 Å². The number of benzene rings is 1. The molecule has 1 N–H and O–H groups in total. The van der Waals surface area contributed by atoms with Crippen LogP contribution in [0.15, 0.2) is 65.5 Å². The first-order chi connectivity index (χ1) is 12.2. The molecule has 2 aromatic heterocycles. The average molecular weight is 333 g/mol. The number of nitrogens with one attached hydrogen (secondary N) is 1. The summed E-state index contributed by atoms with van der Waals surface area (Å²) < 4.78 is 5.48. The van der Waals surface area contributed by atoms with E-state index in [-0.39, 0.29) is 5.91 Å². The highest BCUT2D eigenvalue weighted by Gasteiger charge is 2.27. The van der Waals surface area contributed by atoms with Gasteiger partial charge >= 0.3 is 0 Å². The van der Waals surface area contributed by atoms with Crippen molar-refractivity contribution in [2.24, 2.45) is 0 Å². The Morgan fingerprint density at radius 1 is 1.24 bits per heavy atom. The lowest BCUT2D eigenvalue weighted by Gasteiger charge is -2.24. The third-order valence-corrected chi connectivity index (χ3v) is 4.58. The Morgan fingerprint density at radius 3 is 2.88 bits per heavy atom. The number of rotatable bonds is 4. The van der Waals surface area contributed by atoms with Gasteiger partial charge in [-0.25, -0.2) is 0 Å². The van der Waals surface area contributed by atoms with Crippen molar-refractivity contribution >= 4 is 17.3 Å². The standard InChI is InChI=1S/C20H19N3O2/c1-14-12-15-4-2-3-5-18(15)23(14)13-16-8-11-25-19(16)20(24)22-17-6-9-21-10-7-17/h2-11,14H,12-13H2,1H3,(H,21,22,24). The van der Waals surface area contributed by atoms with E-state index in [4.69, 9.17) is 4.42 Å². The van der Waals surface area contributed by atoms with Crippen molar-refractivity contribution in [1.82, 2.24) is 4.98 Å². The van der Waals surface area contributed by atoms with Crippen molar-refractivity contribution in [1.29, 1.82) is 0 Å². The third kappa shape index (κ3) is 3.01. The second-order valence-electron chi connectivity index (χ2n) is 6.27. The fraction of sp³-hybridized carbons (Fsp3) is 0.200. The molecular formula is C20H19N3O2. The van der Waals surface area contributed by atoms with Gasteiger partial charge < -0.3 is 14.6 Å². The number of furan rings is 1. The molecule has 1 aliphatic rings. The van der Waals surface area contributed by atoms with E-state index >= 15 is 0 Å². The van der Waals surface area contributed by atoms with Crippen molar-refractivity contribution in [3.8, 4) is 0 Å². The maximum absolute atomic E-state index is 12.6. The summed E-state index contributed by atoms with van der Waals surface area (Å²) in [6.07, 6.45) is 5.87. The van der Waals surface area contributed by atoms with Gasteiger partial charge in [-0.3, -0.25) is 9.78 Å². The highest BCUT2D eigenvalue weighted by molar-refractivity contribution is 6.03. The van der Waals surface area contributed by atoms with E-state index in [1.54, 1.807) is 30.8 Å². The van der Waals surface area contributed by atoms with Gasteiger partial charge in [0.2, 0.25) is 0 Å². The number of pyridine rings is 1. The van der Waals surface area contributed by atoms with Crippen LogP contribution in [-0.2, 0) is 13.0 Å². The molecule has 0 spiro atoms. The molecule has 5 heteroatoms. The maximum Gasteiger partial charge on any atom is 0.291 e. The van der Waals surface area contributed by atoms with Crippen molar-refractivity contribution in [2.75, 3.05) is 10.2 Å². The quantitative estimate of drug-likeness (QED) is 0.787. The zero-order chi connectivity index (χ0) is 17.2. The number of nitrogens with zero attached hydrogens (tertiary/aromatic N) is 2. The molecule has 25 heavy (non-hydrogen) atoms. The van der Waals surface area contributed by atoms with E-state index in [9.17, 15) is 4.79 Å². The molecule has 0 aliphatic carbocycles. The highest BCUT2D eigenvalue weighted by Crippen LogP contribution is 2.33. The summed E-state index contributed by atoms with van der Waals surface area (Å²) in [5.41, 5.74) is 4.16. The Labute approximate surface area is 146 Å². The van der Waals surface area contributed by atoms with Gasteiger partial charge in [0.15, 0.2) is 5.76 Å². The Morgan fingerprint density at radius 2 is 2.04 bits per heavy atom. The maximum atomic E-state index is 12.6. The number of amides is 1. The molecule has 0 radical (unpaired) electrons. The fourth-order valence-corrected chi connectivity index (χ4v) is 3.34. The van der Waals surface area contributed by atoms with Crippen molar-refractivity contribution in [2.45, 2.75) is 25.9 Å². The molecule has 1 aromatic carbocycles. The lowest BCUT2D eigenvalue weighted by molar-refractivity contribution is 0.0995. The summed E-state index contributed by atoms with van der Waals surface area (Å²) in [7, 11) is 0. The summed E-state index contributed by atoms with van der Waals surface area (Å²) in [5.74, 6) is 0.111. The first-order valence-electron chi connectivity index (χ1n) is 8.34. The Hall–Kier alpha value is -3.08. The number of carbonyl (C=O) groups excluding carboxylic acids is 1. The van der Waals surface area contributed by atoms with Crippen LogP contribution in [-0.4, -0.2) is 16.9 Å². The second-order valence-corrected chi connectivity index (χ2v) is 6.27. The van der Waals surface area contributed by atoms with Crippen molar-refractivity contribution in [3.63, 3.8) is 0 Å². The van der Waals surface area contributed by atoms with Gasteiger partial charge in [-0.05, 0) is 43.2 Å². The molecule has 3 aromatic rings. The van der Waals surface area contributed by atoms with Gasteiger partial charge in [0.1, 0.15) is 0 Å². The number of hydrogen-bond acceptors (Lipinski definition) is 4. The summed E-state index contributed by atoms with van der Waals surface area (Å²) in [4.78, 5) is 18.8. The Kier molecular flexibility index (Phi) is 3.98. The van der Waals surface area contributed by atoms with E-state index in [2.05, 4.69) is 46.4 Å². The van der Waals surface area contributed by atoms with Gasteiger partial charge in [0.05, 0.1) is 6.26 Å². The molecule has 3 heterocycles. The number of para-hydroxylation sites is 1. The molecule has 1 atom stereocenters. The summed E-state index contributed by atoms with van der Waals surface area (Å²) in [6, 6.07) is 14.2. The first-order valence-corrected chi connectivity index (χ1v) is 8.34. The summed E-state index contributed by atoms with van der Waals surface area (Å²) in [5, 5.41) is 2.85. The molecule has 0 saturated heterocycles. The predicted molar refractivity (Wildman–Crippen MR) is 96.7 cm³/mol. The van der Waals surface area contributed by atoms with Crippen LogP contribution in [0.5, 0.6) is 0 Å². The lowest BCUT2D eigenvalue weighted by atomic mass is 10.1. The molecule has 1 amide bonds. The molecule has 0 saturated carbocycles.